The van der Waals surface area contributed by atoms with E-state index >= 15 is 0 Å². The van der Waals surface area contributed by atoms with Gasteiger partial charge in [-0.25, -0.2) is 0 Å². The first kappa shape index (κ1) is 15.4. The van der Waals surface area contributed by atoms with Crippen LogP contribution in [0, 0.1) is 0 Å². The summed E-state index contributed by atoms with van der Waals surface area (Å²) in [7, 11) is 0. The second-order valence-corrected chi connectivity index (χ2v) is 4.81. The fraction of sp³-hybridized carbons (Fsp3) is 0.118. The van der Waals surface area contributed by atoms with E-state index in [4.69, 9.17) is 0 Å². The van der Waals surface area contributed by atoms with Crippen molar-refractivity contribution in [3.8, 4) is 0 Å². The molecular formula is C17H12O5-2. The van der Waals surface area contributed by atoms with Crippen LogP contribution >= 0.6 is 0 Å². The molecule has 22 heavy (non-hydrogen) atoms. The molecule has 0 heterocycles. The van der Waals surface area contributed by atoms with Crippen LogP contribution in [0.15, 0.2) is 53.6 Å². The summed E-state index contributed by atoms with van der Waals surface area (Å²) in [6.45, 7) is 1.08. The van der Waals surface area contributed by atoms with E-state index in [0.29, 0.717) is 10.9 Å². The first-order chi connectivity index (χ1) is 10.4. The number of carbonyl (C=O) groups excluding carboxylic acids is 3. The largest absolute Gasteiger partial charge is 0.545 e. The minimum atomic E-state index is -1.68. The van der Waals surface area contributed by atoms with Crippen molar-refractivity contribution in [1.82, 2.24) is 0 Å². The molecule has 2 rings (SSSR count). The molecule has 0 N–H and O–H groups in total. The number of hydrogen-bond acceptors (Lipinski definition) is 5. The second-order valence-electron chi connectivity index (χ2n) is 4.81. The Balaban J connectivity index is 2.45. The number of Topliss-reactive ketones (excluding diaryl/α,β-unsaturated/α-hetero) is 1. The number of ketones is 1. The van der Waals surface area contributed by atoms with Gasteiger partial charge >= 0.3 is 0 Å². The summed E-state index contributed by atoms with van der Waals surface area (Å²) in [5, 5.41) is 23.4. The molecule has 0 aliphatic carbocycles. The molecule has 0 unspecified atom stereocenters. The van der Waals surface area contributed by atoms with E-state index in [-0.39, 0.29) is 0 Å². The van der Waals surface area contributed by atoms with Crippen LogP contribution in [0.25, 0.3) is 10.8 Å². The summed E-state index contributed by atoms with van der Waals surface area (Å²) in [5.41, 5.74) is -0.741. The van der Waals surface area contributed by atoms with Crippen molar-refractivity contribution in [2.75, 3.05) is 0 Å². The second kappa shape index (κ2) is 6.22. The third kappa shape index (κ3) is 3.03. The maximum absolute atomic E-state index is 12.4. The predicted octanol–water partition coefficient (Wildman–Crippen LogP) is 0.229. The Labute approximate surface area is 126 Å². The first-order valence-corrected chi connectivity index (χ1v) is 6.55. The molecule has 2 aromatic rings. The topological polar surface area (TPSA) is 97.3 Å². The Morgan fingerprint density at radius 3 is 2.18 bits per heavy atom. The van der Waals surface area contributed by atoms with E-state index in [1.165, 1.54) is 0 Å². The summed E-state index contributed by atoms with van der Waals surface area (Å²) in [6.07, 6.45) is -0.559. The fourth-order valence-corrected chi connectivity index (χ4v) is 2.21. The monoisotopic (exact) mass is 296 g/mol. The Morgan fingerprint density at radius 1 is 0.909 bits per heavy atom. The average molecular weight is 296 g/mol. The van der Waals surface area contributed by atoms with E-state index in [1.807, 2.05) is 18.2 Å². The summed E-state index contributed by atoms with van der Waals surface area (Å²) < 4.78 is 0. The van der Waals surface area contributed by atoms with E-state index in [9.17, 15) is 24.6 Å². The van der Waals surface area contributed by atoms with Gasteiger partial charge in [0.2, 0.25) is 0 Å². The first-order valence-electron chi connectivity index (χ1n) is 6.55. The van der Waals surface area contributed by atoms with Gasteiger partial charge in [-0.3, -0.25) is 4.79 Å². The smallest absolute Gasteiger partial charge is 0.167 e. The number of carbonyl (C=O) groups is 3. The van der Waals surface area contributed by atoms with Crippen molar-refractivity contribution in [2.24, 2.45) is 0 Å². The molecule has 0 bridgehead atoms. The number of carboxylic acid groups (broad SMARTS) is 2. The number of rotatable bonds is 5. The molecule has 0 spiro atoms. The highest BCUT2D eigenvalue weighted by Gasteiger charge is 2.15. The predicted molar refractivity (Wildman–Crippen MR) is 75.6 cm³/mol. The van der Waals surface area contributed by atoms with Gasteiger partial charge in [-0.1, -0.05) is 42.5 Å². The Morgan fingerprint density at radius 2 is 1.55 bits per heavy atom. The highest BCUT2D eigenvalue weighted by Crippen LogP contribution is 2.21. The van der Waals surface area contributed by atoms with Gasteiger partial charge in [0, 0.05) is 12.0 Å². The van der Waals surface area contributed by atoms with Crippen LogP contribution in [0.3, 0.4) is 0 Å². The number of hydrogen-bond donors (Lipinski definition) is 0. The molecule has 0 saturated heterocycles. The molecule has 0 fully saturated rings. The van der Waals surface area contributed by atoms with Crippen molar-refractivity contribution >= 4 is 28.5 Å². The van der Waals surface area contributed by atoms with Crippen molar-refractivity contribution in [1.29, 1.82) is 0 Å². The number of carboxylic acids is 2. The maximum atomic E-state index is 12.4. The lowest BCUT2D eigenvalue weighted by Crippen LogP contribution is -2.31. The summed E-state index contributed by atoms with van der Waals surface area (Å²) in [6, 6.07) is 12.2. The maximum Gasteiger partial charge on any atom is 0.167 e. The molecular weight excluding hydrogens is 284 g/mol. The van der Waals surface area contributed by atoms with Crippen LogP contribution in [0.1, 0.15) is 23.7 Å². The average Bonchev–Trinajstić information content (AvgIpc) is 2.50. The lowest BCUT2D eigenvalue weighted by Gasteiger charge is -2.14. The molecule has 0 amide bonds. The van der Waals surface area contributed by atoms with Crippen molar-refractivity contribution < 1.29 is 24.6 Å². The van der Waals surface area contributed by atoms with Gasteiger partial charge in [0.15, 0.2) is 5.78 Å². The SMILES string of the molecule is C/C(C(=O)[O-])=C(/CC(=O)c1cccc2ccccc12)C(=O)[O-]. The zero-order valence-corrected chi connectivity index (χ0v) is 11.8. The lowest BCUT2D eigenvalue weighted by molar-refractivity contribution is -0.304. The van der Waals surface area contributed by atoms with Gasteiger partial charge in [0.25, 0.3) is 0 Å². The molecule has 5 heteroatoms. The molecule has 0 radical (unpaired) electrons. The Bertz CT molecular complexity index is 796. The van der Waals surface area contributed by atoms with Crippen LogP contribution in [0.5, 0.6) is 0 Å². The lowest BCUT2D eigenvalue weighted by atomic mass is 9.95. The van der Waals surface area contributed by atoms with Crippen LogP contribution in [0.2, 0.25) is 0 Å². The van der Waals surface area contributed by atoms with Gasteiger partial charge < -0.3 is 19.8 Å². The van der Waals surface area contributed by atoms with Crippen molar-refractivity contribution in [3.63, 3.8) is 0 Å². The number of benzene rings is 2. The zero-order chi connectivity index (χ0) is 16.3. The van der Waals surface area contributed by atoms with Gasteiger partial charge in [-0.15, -0.1) is 0 Å². The normalized spacial score (nSPS) is 11.9. The molecule has 0 aliphatic rings. The fourth-order valence-electron chi connectivity index (χ4n) is 2.21. The number of fused-ring (bicyclic) bond motifs is 1. The minimum Gasteiger partial charge on any atom is -0.545 e. The van der Waals surface area contributed by atoms with E-state index in [0.717, 1.165) is 12.3 Å². The summed E-state index contributed by atoms with van der Waals surface area (Å²) in [5.74, 6) is -3.81. The van der Waals surface area contributed by atoms with E-state index in [1.54, 1.807) is 24.3 Å². The van der Waals surface area contributed by atoms with Gasteiger partial charge in [-0.2, -0.15) is 0 Å². The van der Waals surface area contributed by atoms with Crippen LogP contribution in [-0.2, 0) is 9.59 Å². The molecule has 5 nitrogen and oxygen atoms in total. The van der Waals surface area contributed by atoms with Crippen LogP contribution < -0.4 is 10.2 Å². The highest BCUT2D eigenvalue weighted by atomic mass is 16.4. The van der Waals surface area contributed by atoms with Crippen molar-refractivity contribution in [3.05, 3.63) is 59.2 Å². The number of aliphatic carboxylic acids is 2. The van der Waals surface area contributed by atoms with Crippen molar-refractivity contribution in [2.45, 2.75) is 13.3 Å². The van der Waals surface area contributed by atoms with Gasteiger partial charge in [0.1, 0.15) is 0 Å². The van der Waals surface area contributed by atoms with Crippen LogP contribution in [0.4, 0.5) is 0 Å². The van der Waals surface area contributed by atoms with Gasteiger partial charge in [0.05, 0.1) is 11.9 Å². The highest BCUT2D eigenvalue weighted by molar-refractivity contribution is 6.12. The minimum absolute atomic E-state index is 0.336. The molecule has 0 aromatic heterocycles. The molecule has 0 atom stereocenters. The van der Waals surface area contributed by atoms with E-state index < -0.39 is 35.3 Å². The molecule has 112 valence electrons. The van der Waals surface area contributed by atoms with E-state index in [2.05, 4.69) is 0 Å². The van der Waals surface area contributed by atoms with Gasteiger partial charge in [-0.05, 0) is 28.8 Å². The summed E-state index contributed by atoms with van der Waals surface area (Å²) in [4.78, 5) is 34.2. The Kier molecular flexibility index (Phi) is 4.36. The molecule has 0 saturated carbocycles. The zero-order valence-electron chi connectivity index (χ0n) is 11.8. The Hall–Kier alpha value is -2.95. The summed E-state index contributed by atoms with van der Waals surface area (Å²) >= 11 is 0. The third-order valence-electron chi connectivity index (χ3n) is 3.43. The molecule has 2 aromatic carbocycles. The third-order valence-corrected chi connectivity index (χ3v) is 3.43. The van der Waals surface area contributed by atoms with Crippen LogP contribution in [-0.4, -0.2) is 17.7 Å². The standard InChI is InChI=1S/C17H14O5/c1-10(16(19)20)14(17(21)22)9-15(18)13-8-4-6-11-5-2-3-7-12(11)13/h2-8H,9H2,1H3,(H,19,20)(H,21,22)/p-2/b14-10+. The molecule has 0 aliphatic heterocycles. The quantitative estimate of drug-likeness (QED) is 0.581.